The lowest BCUT2D eigenvalue weighted by molar-refractivity contribution is -0.137. The molecule has 11 heteroatoms. The van der Waals surface area contributed by atoms with Gasteiger partial charge in [0.15, 0.2) is 5.75 Å². The molecule has 1 fully saturated rings. The number of amides is 1. The van der Waals surface area contributed by atoms with Gasteiger partial charge in [0.25, 0.3) is 0 Å². The van der Waals surface area contributed by atoms with Crippen molar-refractivity contribution in [3.63, 3.8) is 0 Å². The van der Waals surface area contributed by atoms with Crippen LogP contribution >= 0.6 is 0 Å². The van der Waals surface area contributed by atoms with Gasteiger partial charge in [-0.3, -0.25) is 14.0 Å². The van der Waals surface area contributed by atoms with E-state index in [-0.39, 0.29) is 22.9 Å². The second-order valence-corrected chi connectivity index (χ2v) is 8.17. The molecule has 0 bridgehead atoms. The Morgan fingerprint density at radius 3 is 2.44 bits per heavy atom. The van der Waals surface area contributed by atoms with E-state index in [2.05, 4.69) is 5.32 Å². The second kappa shape index (κ2) is 8.98. The number of imidazole rings is 1. The van der Waals surface area contributed by atoms with Crippen LogP contribution in [0, 0.1) is 18.7 Å². The molecule has 0 radical (unpaired) electrons. The fourth-order valence-corrected chi connectivity index (χ4v) is 3.65. The minimum absolute atomic E-state index is 0.0218. The average molecular weight is 478 g/mol. The van der Waals surface area contributed by atoms with Crippen LogP contribution in [0.5, 0.6) is 5.75 Å². The zero-order valence-electron chi connectivity index (χ0n) is 18.4. The zero-order valence-corrected chi connectivity index (χ0v) is 18.4. The van der Waals surface area contributed by atoms with Gasteiger partial charge in [-0.1, -0.05) is 0 Å². The first-order chi connectivity index (χ1) is 16.0. The minimum atomic E-state index is -4.67. The van der Waals surface area contributed by atoms with Gasteiger partial charge in [0, 0.05) is 50.7 Å². The Labute approximate surface area is 192 Å². The molecule has 1 N–H and O–H groups in total. The van der Waals surface area contributed by atoms with E-state index < -0.39 is 29.3 Å². The SMILES string of the molecule is Cc1cc(C(F)(F)F)cc(-n2ccn(CC3CNC3)c2=O)c1OC(=O)N(C)c1ccc(F)cc1. The number of hydrogen-bond donors (Lipinski definition) is 1. The highest BCUT2D eigenvalue weighted by atomic mass is 19.4. The molecular weight excluding hydrogens is 456 g/mol. The number of hydrogen-bond acceptors (Lipinski definition) is 4. The number of aromatic nitrogens is 2. The molecule has 0 unspecified atom stereocenters. The fourth-order valence-electron chi connectivity index (χ4n) is 3.65. The standard InChI is InChI=1S/C23H22F4N4O3/c1-14-9-16(23(25,26)27)10-19(31-8-7-30(21(31)32)13-15-11-28-12-15)20(14)34-22(33)29(2)18-5-3-17(24)4-6-18/h3-10,15,28H,11-13H2,1-2H3. The summed E-state index contributed by atoms with van der Waals surface area (Å²) in [5, 5.41) is 3.10. The number of anilines is 1. The highest BCUT2D eigenvalue weighted by Crippen LogP contribution is 2.36. The maximum atomic E-state index is 13.5. The van der Waals surface area contributed by atoms with E-state index in [1.807, 2.05) is 0 Å². The molecule has 34 heavy (non-hydrogen) atoms. The number of carbonyl (C=O) groups excluding carboxylic acids is 1. The lowest BCUT2D eigenvalue weighted by Crippen LogP contribution is -2.45. The molecular formula is C23H22F4N4O3. The van der Waals surface area contributed by atoms with E-state index in [0.29, 0.717) is 12.2 Å². The third kappa shape index (κ3) is 4.69. The number of nitrogens with zero attached hydrogens (tertiary/aromatic N) is 3. The van der Waals surface area contributed by atoms with Crippen molar-refractivity contribution >= 4 is 11.8 Å². The summed E-state index contributed by atoms with van der Waals surface area (Å²) in [5.74, 6) is -0.427. The van der Waals surface area contributed by atoms with Crippen molar-refractivity contribution in [3.05, 3.63) is 76.2 Å². The van der Waals surface area contributed by atoms with Crippen molar-refractivity contribution in [2.24, 2.45) is 5.92 Å². The van der Waals surface area contributed by atoms with Gasteiger partial charge in [-0.25, -0.2) is 14.0 Å². The van der Waals surface area contributed by atoms with Gasteiger partial charge in [0.05, 0.1) is 11.3 Å². The Balaban J connectivity index is 1.73. The number of carbonyl (C=O) groups is 1. The quantitative estimate of drug-likeness (QED) is 0.564. The van der Waals surface area contributed by atoms with Crippen molar-refractivity contribution < 1.29 is 27.1 Å². The Hall–Kier alpha value is -3.60. The lowest BCUT2D eigenvalue weighted by Gasteiger charge is -2.26. The molecule has 3 aromatic rings. The summed E-state index contributed by atoms with van der Waals surface area (Å²) in [5.41, 5.74) is -1.39. The van der Waals surface area contributed by atoms with Gasteiger partial charge in [-0.05, 0) is 48.9 Å². The van der Waals surface area contributed by atoms with E-state index in [0.717, 1.165) is 46.8 Å². The number of halogens is 4. The summed E-state index contributed by atoms with van der Waals surface area (Å²) in [7, 11) is 1.38. The highest BCUT2D eigenvalue weighted by Gasteiger charge is 2.33. The van der Waals surface area contributed by atoms with Gasteiger partial charge in [0.1, 0.15) is 5.82 Å². The third-order valence-corrected chi connectivity index (χ3v) is 5.69. The van der Waals surface area contributed by atoms with Crippen molar-refractivity contribution in [3.8, 4) is 11.4 Å². The summed E-state index contributed by atoms with van der Waals surface area (Å²) >= 11 is 0. The molecule has 180 valence electrons. The van der Waals surface area contributed by atoms with E-state index in [9.17, 15) is 27.2 Å². The van der Waals surface area contributed by atoms with Crippen molar-refractivity contribution in [1.29, 1.82) is 0 Å². The molecule has 1 amide bonds. The third-order valence-electron chi connectivity index (χ3n) is 5.69. The summed E-state index contributed by atoms with van der Waals surface area (Å²) in [6.07, 6.45) is -2.74. The number of benzene rings is 2. The van der Waals surface area contributed by atoms with Crippen LogP contribution in [-0.2, 0) is 12.7 Å². The summed E-state index contributed by atoms with van der Waals surface area (Å²) in [6.45, 7) is 3.28. The Morgan fingerprint density at radius 1 is 1.18 bits per heavy atom. The molecule has 1 aliphatic rings. The maximum Gasteiger partial charge on any atom is 0.419 e. The number of ether oxygens (including phenoxy) is 1. The Bertz CT molecular complexity index is 1260. The van der Waals surface area contributed by atoms with Crippen LogP contribution in [0.2, 0.25) is 0 Å². The summed E-state index contributed by atoms with van der Waals surface area (Å²) < 4.78 is 61.7. The molecule has 1 saturated heterocycles. The molecule has 2 aromatic carbocycles. The van der Waals surface area contributed by atoms with Gasteiger partial charge < -0.3 is 10.1 Å². The molecule has 2 heterocycles. The van der Waals surface area contributed by atoms with Crippen molar-refractivity contribution in [2.45, 2.75) is 19.6 Å². The molecule has 1 aliphatic heterocycles. The largest absolute Gasteiger partial charge is 0.419 e. The molecule has 0 atom stereocenters. The summed E-state index contributed by atoms with van der Waals surface area (Å²) in [4.78, 5) is 26.8. The molecule has 0 aliphatic carbocycles. The first kappa shape index (κ1) is 23.6. The normalized spacial score (nSPS) is 14.1. The molecule has 0 spiro atoms. The predicted octanol–water partition coefficient (Wildman–Crippen LogP) is 3.96. The van der Waals surface area contributed by atoms with E-state index >= 15 is 0 Å². The van der Waals surface area contributed by atoms with Crippen LogP contribution in [0.15, 0.2) is 53.6 Å². The zero-order chi connectivity index (χ0) is 24.6. The monoisotopic (exact) mass is 478 g/mol. The van der Waals surface area contributed by atoms with E-state index in [4.69, 9.17) is 4.74 Å². The predicted molar refractivity (Wildman–Crippen MR) is 117 cm³/mol. The molecule has 1 aromatic heterocycles. The number of alkyl halides is 3. The fraction of sp³-hybridized carbons (Fsp3) is 0.304. The van der Waals surface area contributed by atoms with Gasteiger partial charge in [-0.15, -0.1) is 0 Å². The topological polar surface area (TPSA) is 68.5 Å². The summed E-state index contributed by atoms with van der Waals surface area (Å²) in [6, 6.07) is 6.67. The van der Waals surface area contributed by atoms with Gasteiger partial charge >= 0.3 is 18.0 Å². The highest BCUT2D eigenvalue weighted by molar-refractivity contribution is 5.89. The minimum Gasteiger partial charge on any atom is -0.407 e. The second-order valence-electron chi connectivity index (χ2n) is 8.17. The van der Waals surface area contributed by atoms with Crippen LogP contribution in [0.3, 0.4) is 0 Å². The number of aryl methyl sites for hydroxylation is 1. The van der Waals surface area contributed by atoms with Crippen molar-refractivity contribution in [1.82, 2.24) is 14.5 Å². The Kier molecular flexibility index (Phi) is 6.22. The number of rotatable bonds is 5. The van der Waals surface area contributed by atoms with Crippen LogP contribution in [0.4, 0.5) is 28.0 Å². The first-order valence-corrected chi connectivity index (χ1v) is 10.5. The van der Waals surface area contributed by atoms with Crippen LogP contribution in [0.1, 0.15) is 11.1 Å². The molecule has 4 rings (SSSR count). The van der Waals surface area contributed by atoms with Crippen LogP contribution in [0.25, 0.3) is 5.69 Å². The van der Waals surface area contributed by atoms with Crippen molar-refractivity contribution in [2.75, 3.05) is 25.0 Å². The van der Waals surface area contributed by atoms with E-state index in [1.165, 1.54) is 43.1 Å². The average Bonchev–Trinajstić information content (AvgIpc) is 3.11. The lowest BCUT2D eigenvalue weighted by atomic mass is 10.0. The molecule has 0 saturated carbocycles. The van der Waals surface area contributed by atoms with Gasteiger partial charge in [-0.2, -0.15) is 13.2 Å². The van der Waals surface area contributed by atoms with E-state index in [1.54, 1.807) is 0 Å². The smallest absolute Gasteiger partial charge is 0.407 e. The first-order valence-electron chi connectivity index (χ1n) is 10.5. The Morgan fingerprint density at radius 2 is 1.85 bits per heavy atom. The van der Waals surface area contributed by atoms with Crippen LogP contribution < -0.4 is 20.6 Å². The number of nitrogens with one attached hydrogen (secondary N) is 1. The van der Waals surface area contributed by atoms with Gasteiger partial charge in [0.2, 0.25) is 0 Å². The molecule has 7 nitrogen and oxygen atoms in total. The maximum absolute atomic E-state index is 13.5. The van der Waals surface area contributed by atoms with Crippen LogP contribution in [-0.4, -0.2) is 35.4 Å².